The van der Waals surface area contributed by atoms with Crippen LogP contribution >= 0.6 is 0 Å². The molecule has 0 bridgehead atoms. The zero-order valence-corrected chi connectivity index (χ0v) is 19.2. The Morgan fingerprint density at radius 1 is 0.812 bits per heavy atom. The van der Waals surface area contributed by atoms with Gasteiger partial charge in [0.05, 0.1) is 14.2 Å². The molecule has 5 heteroatoms. The minimum absolute atomic E-state index is 0.664. The monoisotopic (exact) mass is 431 g/mol. The van der Waals surface area contributed by atoms with Crippen LogP contribution in [0.15, 0.2) is 54.7 Å². The lowest BCUT2D eigenvalue weighted by Crippen LogP contribution is -2.51. The summed E-state index contributed by atoms with van der Waals surface area (Å²) in [5.41, 5.74) is 1.44. The zero-order chi connectivity index (χ0) is 21.9. The highest BCUT2D eigenvalue weighted by Crippen LogP contribution is 2.36. The van der Waals surface area contributed by atoms with Crippen molar-refractivity contribution in [3.63, 3.8) is 0 Å². The smallest absolute Gasteiger partial charge is 0.136 e. The van der Waals surface area contributed by atoms with Crippen LogP contribution < -0.4 is 14.4 Å². The predicted octanol–water partition coefficient (Wildman–Crippen LogP) is 5.10. The summed E-state index contributed by atoms with van der Waals surface area (Å²) < 4.78 is 10.9. The van der Waals surface area contributed by atoms with Crippen molar-refractivity contribution < 1.29 is 9.47 Å². The largest absolute Gasteiger partial charge is 0.497 e. The Kier molecular flexibility index (Phi) is 6.17. The summed E-state index contributed by atoms with van der Waals surface area (Å²) in [6.45, 7) is 4.27. The Labute approximate surface area is 191 Å². The van der Waals surface area contributed by atoms with Gasteiger partial charge in [0.15, 0.2) is 0 Å². The summed E-state index contributed by atoms with van der Waals surface area (Å²) >= 11 is 0. The number of pyridine rings is 1. The molecule has 0 spiro atoms. The third-order valence-electron chi connectivity index (χ3n) is 7.34. The first-order valence-electron chi connectivity index (χ1n) is 11.8. The van der Waals surface area contributed by atoms with Crippen molar-refractivity contribution in [2.24, 2.45) is 0 Å². The van der Waals surface area contributed by atoms with E-state index in [9.17, 15) is 0 Å². The number of anilines is 1. The standard InChI is InChI=1S/C27H33N3O2/c1-31-24-5-3-4-22(18-24)20-6-9-23(10-7-20)29-14-16-30(17-15-29)27-26-19-25(32-2)11-8-21(26)12-13-28-27/h3-5,8,11-13,18-20,23H,6-7,9-10,14-17H2,1-2H3. The van der Waals surface area contributed by atoms with Gasteiger partial charge in [-0.15, -0.1) is 0 Å². The van der Waals surface area contributed by atoms with Gasteiger partial charge in [0.25, 0.3) is 0 Å². The number of rotatable bonds is 5. The first-order valence-corrected chi connectivity index (χ1v) is 11.8. The van der Waals surface area contributed by atoms with Crippen molar-refractivity contribution in [2.75, 3.05) is 45.3 Å². The molecule has 168 valence electrons. The summed E-state index contributed by atoms with van der Waals surface area (Å²) in [6, 6.07) is 17.7. The Morgan fingerprint density at radius 3 is 2.31 bits per heavy atom. The molecule has 2 fully saturated rings. The van der Waals surface area contributed by atoms with E-state index in [1.54, 1.807) is 14.2 Å². The van der Waals surface area contributed by atoms with E-state index in [0.717, 1.165) is 43.5 Å². The van der Waals surface area contributed by atoms with E-state index in [1.807, 2.05) is 18.3 Å². The molecule has 2 heterocycles. The van der Waals surface area contributed by atoms with Gasteiger partial charge >= 0.3 is 0 Å². The average Bonchev–Trinajstić information content (AvgIpc) is 2.88. The first-order chi connectivity index (χ1) is 15.7. The van der Waals surface area contributed by atoms with Crippen LogP contribution in [0.3, 0.4) is 0 Å². The fourth-order valence-electron chi connectivity index (χ4n) is 5.48. The molecule has 1 saturated carbocycles. The fraction of sp³-hybridized carbons (Fsp3) is 0.444. The van der Waals surface area contributed by atoms with Crippen LogP contribution in [-0.2, 0) is 0 Å². The second-order valence-electron chi connectivity index (χ2n) is 9.03. The van der Waals surface area contributed by atoms with Gasteiger partial charge in [0, 0.05) is 43.8 Å². The number of ether oxygens (including phenoxy) is 2. The maximum absolute atomic E-state index is 5.45. The number of aromatic nitrogens is 1. The van der Waals surface area contributed by atoms with Crippen LogP contribution in [0.5, 0.6) is 11.5 Å². The van der Waals surface area contributed by atoms with Crippen molar-refractivity contribution in [3.05, 3.63) is 60.3 Å². The molecule has 1 aliphatic carbocycles. The van der Waals surface area contributed by atoms with Gasteiger partial charge < -0.3 is 14.4 Å². The minimum Gasteiger partial charge on any atom is -0.497 e. The van der Waals surface area contributed by atoms with E-state index in [-0.39, 0.29) is 0 Å². The van der Waals surface area contributed by atoms with Gasteiger partial charge in [-0.1, -0.05) is 18.2 Å². The highest BCUT2D eigenvalue weighted by Gasteiger charge is 2.29. The molecule has 3 aromatic rings. The summed E-state index contributed by atoms with van der Waals surface area (Å²) in [6.07, 6.45) is 7.03. The van der Waals surface area contributed by atoms with Crippen LogP contribution in [0.2, 0.25) is 0 Å². The lowest BCUT2D eigenvalue weighted by molar-refractivity contribution is 0.141. The number of piperazine rings is 1. The van der Waals surface area contributed by atoms with E-state index in [0.29, 0.717) is 12.0 Å². The summed E-state index contributed by atoms with van der Waals surface area (Å²) in [5, 5.41) is 2.40. The Bertz CT molecular complexity index is 1050. The van der Waals surface area contributed by atoms with E-state index in [1.165, 1.54) is 42.0 Å². The third kappa shape index (κ3) is 4.26. The maximum atomic E-state index is 5.45. The van der Waals surface area contributed by atoms with Crippen molar-refractivity contribution in [1.29, 1.82) is 0 Å². The van der Waals surface area contributed by atoms with Gasteiger partial charge in [-0.25, -0.2) is 4.98 Å². The second-order valence-corrected chi connectivity index (χ2v) is 9.03. The molecule has 32 heavy (non-hydrogen) atoms. The van der Waals surface area contributed by atoms with E-state index in [2.05, 4.69) is 46.2 Å². The lowest BCUT2D eigenvalue weighted by Gasteiger charge is -2.42. The molecular formula is C27H33N3O2. The Hall–Kier alpha value is -2.79. The number of hydrogen-bond donors (Lipinski definition) is 0. The minimum atomic E-state index is 0.664. The quantitative estimate of drug-likeness (QED) is 0.562. The maximum Gasteiger partial charge on any atom is 0.136 e. The zero-order valence-electron chi connectivity index (χ0n) is 19.2. The topological polar surface area (TPSA) is 37.8 Å². The van der Waals surface area contributed by atoms with Crippen molar-refractivity contribution in [3.8, 4) is 11.5 Å². The highest BCUT2D eigenvalue weighted by atomic mass is 16.5. The molecule has 5 rings (SSSR count). The molecular weight excluding hydrogens is 398 g/mol. The predicted molar refractivity (Wildman–Crippen MR) is 130 cm³/mol. The third-order valence-corrected chi connectivity index (χ3v) is 7.34. The van der Waals surface area contributed by atoms with Gasteiger partial charge in [-0.2, -0.15) is 0 Å². The molecule has 0 amide bonds. The SMILES string of the molecule is COc1cccc(C2CCC(N3CCN(c4nccc5ccc(OC)cc45)CC3)CC2)c1. The number of nitrogens with zero attached hydrogens (tertiary/aromatic N) is 3. The molecule has 0 N–H and O–H groups in total. The summed E-state index contributed by atoms with van der Waals surface area (Å²) in [7, 11) is 3.47. The molecule has 0 radical (unpaired) electrons. The van der Waals surface area contributed by atoms with Crippen molar-refractivity contribution >= 4 is 16.6 Å². The van der Waals surface area contributed by atoms with Gasteiger partial charge in [-0.3, -0.25) is 4.90 Å². The molecule has 0 atom stereocenters. The van der Waals surface area contributed by atoms with Crippen LogP contribution in [0, 0.1) is 0 Å². The van der Waals surface area contributed by atoms with Crippen LogP contribution in [0.25, 0.3) is 10.8 Å². The van der Waals surface area contributed by atoms with Crippen LogP contribution in [0.4, 0.5) is 5.82 Å². The second kappa shape index (κ2) is 9.37. The molecule has 1 aliphatic heterocycles. The van der Waals surface area contributed by atoms with Crippen molar-refractivity contribution in [2.45, 2.75) is 37.6 Å². The number of methoxy groups -OCH3 is 2. The van der Waals surface area contributed by atoms with Gasteiger partial charge in [0.1, 0.15) is 17.3 Å². The van der Waals surface area contributed by atoms with Crippen molar-refractivity contribution in [1.82, 2.24) is 9.88 Å². The number of benzene rings is 2. The van der Waals surface area contributed by atoms with Gasteiger partial charge in [-0.05, 0) is 72.9 Å². The van der Waals surface area contributed by atoms with E-state index >= 15 is 0 Å². The summed E-state index contributed by atoms with van der Waals surface area (Å²) in [5.74, 6) is 3.61. The van der Waals surface area contributed by atoms with E-state index < -0.39 is 0 Å². The molecule has 1 saturated heterocycles. The summed E-state index contributed by atoms with van der Waals surface area (Å²) in [4.78, 5) is 9.90. The molecule has 1 aromatic heterocycles. The Balaban J connectivity index is 1.20. The number of hydrogen-bond acceptors (Lipinski definition) is 5. The molecule has 5 nitrogen and oxygen atoms in total. The van der Waals surface area contributed by atoms with Crippen LogP contribution in [0.1, 0.15) is 37.2 Å². The van der Waals surface area contributed by atoms with Gasteiger partial charge in [0.2, 0.25) is 0 Å². The normalized spacial score (nSPS) is 22.1. The first kappa shape index (κ1) is 21.1. The average molecular weight is 432 g/mol. The molecule has 2 aromatic carbocycles. The highest BCUT2D eigenvalue weighted by molar-refractivity contribution is 5.93. The van der Waals surface area contributed by atoms with Crippen LogP contribution in [-0.4, -0.2) is 56.3 Å². The lowest BCUT2D eigenvalue weighted by atomic mass is 9.81. The molecule has 0 unspecified atom stereocenters. The molecule has 2 aliphatic rings. The van der Waals surface area contributed by atoms with E-state index in [4.69, 9.17) is 14.5 Å². The fourth-order valence-corrected chi connectivity index (χ4v) is 5.48. The number of fused-ring (bicyclic) bond motifs is 1. The Morgan fingerprint density at radius 2 is 1.56 bits per heavy atom.